The lowest BCUT2D eigenvalue weighted by molar-refractivity contribution is -0.0424. The Kier molecular flexibility index (Phi) is 6.17. The van der Waals surface area contributed by atoms with Crippen LogP contribution in [0.4, 0.5) is 4.39 Å². The zero-order valence-corrected chi connectivity index (χ0v) is 15.7. The minimum Gasteiger partial charge on any atom is -0.377 e. The van der Waals surface area contributed by atoms with E-state index in [1.54, 1.807) is 6.07 Å². The molecule has 0 unspecified atom stereocenters. The summed E-state index contributed by atoms with van der Waals surface area (Å²) in [5.74, 6) is -0.154. The standard InChI is InChI=1S/C21H28FN3O2/c22-20-8-2-1-6-17(20)14-24(16-19-7-5-13-26-19)15-18-10-11-23-25(18)21-9-3-4-12-27-21/h1-2,6,8,10-11,19,21H,3-5,7,9,12-16H2/t19-,21+/m0/s1. The third kappa shape index (κ3) is 4.75. The van der Waals surface area contributed by atoms with Gasteiger partial charge in [0.15, 0.2) is 6.23 Å². The minimum absolute atomic E-state index is 0.0155. The zero-order valence-electron chi connectivity index (χ0n) is 15.7. The molecule has 0 aliphatic carbocycles. The van der Waals surface area contributed by atoms with E-state index in [4.69, 9.17) is 9.47 Å². The van der Waals surface area contributed by atoms with Gasteiger partial charge < -0.3 is 9.47 Å². The second-order valence-electron chi connectivity index (χ2n) is 7.48. The molecule has 0 spiro atoms. The van der Waals surface area contributed by atoms with Gasteiger partial charge >= 0.3 is 0 Å². The Morgan fingerprint density at radius 2 is 1.93 bits per heavy atom. The van der Waals surface area contributed by atoms with E-state index in [9.17, 15) is 4.39 Å². The number of hydrogen-bond donors (Lipinski definition) is 0. The Labute approximate surface area is 160 Å². The third-order valence-corrected chi connectivity index (χ3v) is 5.40. The van der Waals surface area contributed by atoms with Crippen molar-refractivity contribution in [2.45, 2.75) is 57.5 Å². The smallest absolute Gasteiger partial charge is 0.150 e. The number of aromatic nitrogens is 2. The van der Waals surface area contributed by atoms with Crippen molar-refractivity contribution < 1.29 is 13.9 Å². The molecule has 0 amide bonds. The van der Waals surface area contributed by atoms with Crippen LogP contribution in [0.2, 0.25) is 0 Å². The first kappa shape index (κ1) is 18.6. The number of halogens is 1. The predicted octanol–water partition coefficient (Wildman–Crippen LogP) is 3.90. The molecule has 1 aromatic heterocycles. The summed E-state index contributed by atoms with van der Waals surface area (Å²) in [5, 5.41) is 4.51. The highest BCUT2D eigenvalue weighted by molar-refractivity contribution is 5.17. The number of hydrogen-bond acceptors (Lipinski definition) is 4. The monoisotopic (exact) mass is 373 g/mol. The fraction of sp³-hybridized carbons (Fsp3) is 0.571. The summed E-state index contributed by atoms with van der Waals surface area (Å²) in [5.41, 5.74) is 1.83. The van der Waals surface area contributed by atoms with Crippen molar-refractivity contribution >= 4 is 0 Å². The van der Waals surface area contributed by atoms with Crippen LogP contribution >= 0.6 is 0 Å². The molecular weight excluding hydrogens is 345 g/mol. The summed E-state index contributed by atoms with van der Waals surface area (Å²) < 4.78 is 28.0. The number of nitrogens with zero attached hydrogens (tertiary/aromatic N) is 3. The van der Waals surface area contributed by atoms with E-state index in [2.05, 4.69) is 10.00 Å². The molecule has 0 N–H and O–H groups in total. The summed E-state index contributed by atoms with van der Waals surface area (Å²) >= 11 is 0. The van der Waals surface area contributed by atoms with Gasteiger partial charge in [0.2, 0.25) is 0 Å². The van der Waals surface area contributed by atoms with Gasteiger partial charge in [-0.25, -0.2) is 9.07 Å². The van der Waals surface area contributed by atoms with Gasteiger partial charge in [0.25, 0.3) is 0 Å². The van der Waals surface area contributed by atoms with E-state index < -0.39 is 0 Å². The van der Waals surface area contributed by atoms with Crippen molar-refractivity contribution in [1.82, 2.24) is 14.7 Å². The maximum Gasteiger partial charge on any atom is 0.150 e. The molecule has 2 aromatic rings. The Balaban J connectivity index is 1.50. The molecule has 2 saturated heterocycles. The average Bonchev–Trinajstić information content (AvgIpc) is 3.36. The van der Waals surface area contributed by atoms with Gasteiger partial charge in [-0.1, -0.05) is 18.2 Å². The molecule has 6 heteroatoms. The Bertz CT molecular complexity index is 724. The lowest BCUT2D eigenvalue weighted by Gasteiger charge is -2.28. The van der Waals surface area contributed by atoms with Crippen LogP contribution in [0.3, 0.4) is 0 Å². The molecule has 27 heavy (non-hydrogen) atoms. The molecule has 1 aromatic carbocycles. The molecule has 2 aliphatic rings. The van der Waals surface area contributed by atoms with Crippen LogP contribution in [0.15, 0.2) is 36.5 Å². The van der Waals surface area contributed by atoms with Crippen LogP contribution < -0.4 is 0 Å². The molecule has 0 bridgehead atoms. The van der Waals surface area contributed by atoms with Crippen molar-refractivity contribution in [3.05, 3.63) is 53.6 Å². The van der Waals surface area contributed by atoms with Crippen LogP contribution in [0, 0.1) is 5.82 Å². The zero-order chi connectivity index (χ0) is 18.5. The van der Waals surface area contributed by atoms with Gasteiger partial charge in [0.05, 0.1) is 11.8 Å². The second-order valence-corrected chi connectivity index (χ2v) is 7.48. The first-order valence-corrected chi connectivity index (χ1v) is 10.0. The van der Waals surface area contributed by atoms with Crippen molar-refractivity contribution in [3.63, 3.8) is 0 Å². The predicted molar refractivity (Wildman–Crippen MR) is 101 cm³/mol. The highest BCUT2D eigenvalue weighted by Gasteiger charge is 2.23. The highest BCUT2D eigenvalue weighted by atomic mass is 19.1. The largest absolute Gasteiger partial charge is 0.377 e. The van der Waals surface area contributed by atoms with Gasteiger partial charge in [-0.15, -0.1) is 0 Å². The topological polar surface area (TPSA) is 39.5 Å². The average molecular weight is 373 g/mol. The van der Waals surface area contributed by atoms with Crippen molar-refractivity contribution in [1.29, 1.82) is 0 Å². The van der Waals surface area contributed by atoms with Crippen molar-refractivity contribution in [2.75, 3.05) is 19.8 Å². The lowest BCUT2D eigenvalue weighted by atomic mass is 10.1. The van der Waals surface area contributed by atoms with E-state index in [1.165, 1.54) is 12.5 Å². The van der Waals surface area contributed by atoms with Crippen LogP contribution in [-0.2, 0) is 22.6 Å². The summed E-state index contributed by atoms with van der Waals surface area (Å²) in [6.45, 7) is 3.67. The van der Waals surface area contributed by atoms with E-state index in [0.29, 0.717) is 13.1 Å². The van der Waals surface area contributed by atoms with Crippen LogP contribution in [0.25, 0.3) is 0 Å². The number of benzene rings is 1. The summed E-state index contributed by atoms with van der Waals surface area (Å²) in [6, 6.07) is 9.06. The maximum atomic E-state index is 14.2. The highest BCUT2D eigenvalue weighted by Crippen LogP contribution is 2.25. The van der Waals surface area contributed by atoms with Crippen LogP contribution in [0.1, 0.15) is 49.6 Å². The maximum absolute atomic E-state index is 14.2. The molecule has 0 radical (unpaired) electrons. The van der Waals surface area contributed by atoms with Crippen LogP contribution in [-0.4, -0.2) is 40.5 Å². The molecule has 146 valence electrons. The molecule has 2 fully saturated rings. The summed E-state index contributed by atoms with van der Waals surface area (Å²) in [6.07, 6.45) is 7.52. The van der Waals surface area contributed by atoms with Crippen LogP contribution in [0.5, 0.6) is 0 Å². The first-order valence-electron chi connectivity index (χ1n) is 10.0. The fourth-order valence-electron chi connectivity index (χ4n) is 4.00. The summed E-state index contributed by atoms with van der Waals surface area (Å²) in [4.78, 5) is 2.27. The molecule has 2 atom stereocenters. The second kappa shape index (κ2) is 8.95. The molecule has 2 aliphatic heterocycles. The van der Waals surface area contributed by atoms with Gasteiger partial charge in [0, 0.05) is 44.6 Å². The Hall–Kier alpha value is -1.76. The SMILES string of the molecule is Fc1ccccc1CN(Cc1ccnn1[C@H]1CCCCO1)C[C@@H]1CCCO1. The van der Waals surface area contributed by atoms with E-state index in [0.717, 1.165) is 56.7 Å². The quantitative estimate of drug-likeness (QED) is 0.738. The molecular formula is C21H28FN3O2. The van der Waals surface area contributed by atoms with E-state index in [-0.39, 0.29) is 18.1 Å². The summed E-state index contributed by atoms with van der Waals surface area (Å²) in [7, 11) is 0. The molecule has 0 saturated carbocycles. The van der Waals surface area contributed by atoms with Gasteiger partial charge in [-0.05, 0) is 44.2 Å². The van der Waals surface area contributed by atoms with E-state index in [1.807, 2.05) is 29.1 Å². The Morgan fingerprint density at radius 1 is 1.04 bits per heavy atom. The lowest BCUT2D eigenvalue weighted by Crippen LogP contribution is -2.33. The van der Waals surface area contributed by atoms with Crippen molar-refractivity contribution in [3.8, 4) is 0 Å². The normalized spacial score (nSPS) is 23.2. The Morgan fingerprint density at radius 3 is 2.70 bits per heavy atom. The van der Waals surface area contributed by atoms with E-state index >= 15 is 0 Å². The third-order valence-electron chi connectivity index (χ3n) is 5.40. The fourth-order valence-corrected chi connectivity index (χ4v) is 4.00. The minimum atomic E-state index is -0.154. The number of ether oxygens (including phenoxy) is 2. The van der Waals surface area contributed by atoms with Gasteiger partial charge in [0.1, 0.15) is 5.82 Å². The molecule has 5 nitrogen and oxygen atoms in total. The first-order chi connectivity index (χ1) is 13.3. The van der Waals surface area contributed by atoms with Gasteiger partial charge in [-0.3, -0.25) is 4.90 Å². The molecule has 3 heterocycles. The van der Waals surface area contributed by atoms with Gasteiger partial charge in [-0.2, -0.15) is 5.10 Å². The molecule has 4 rings (SSSR count). The number of rotatable bonds is 7. The van der Waals surface area contributed by atoms with Crippen molar-refractivity contribution in [2.24, 2.45) is 0 Å².